The highest BCUT2D eigenvalue weighted by molar-refractivity contribution is 5.61. The van der Waals surface area contributed by atoms with Gasteiger partial charge in [0.2, 0.25) is 0 Å². The standard InChI is InChI=1S/C10H12O3/c1-2-13-10-6-4-3-5-8(10)9(12)7-11/h3-7,9,12H,2H2,1H3. The second kappa shape index (κ2) is 4.62. The van der Waals surface area contributed by atoms with Gasteiger partial charge >= 0.3 is 0 Å². The van der Waals surface area contributed by atoms with Gasteiger partial charge in [-0.3, -0.25) is 0 Å². The molecule has 1 rings (SSSR count). The molecule has 3 nitrogen and oxygen atoms in total. The Morgan fingerprint density at radius 2 is 2.23 bits per heavy atom. The highest BCUT2D eigenvalue weighted by Crippen LogP contribution is 2.23. The average molecular weight is 180 g/mol. The molecule has 0 heterocycles. The molecule has 3 heteroatoms. The molecule has 0 aliphatic carbocycles. The predicted molar refractivity (Wildman–Crippen MR) is 48.6 cm³/mol. The SMILES string of the molecule is CCOc1ccccc1C(O)C=O. The number of carbonyl (C=O) groups excluding carboxylic acids is 1. The smallest absolute Gasteiger partial charge is 0.153 e. The Balaban J connectivity index is 2.96. The minimum atomic E-state index is -1.09. The third-order valence-corrected chi connectivity index (χ3v) is 1.67. The maximum absolute atomic E-state index is 10.4. The van der Waals surface area contributed by atoms with E-state index in [-0.39, 0.29) is 0 Å². The van der Waals surface area contributed by atoms with Crippen LogP contribution < -0.4 is 4.74 Å². The number of hydrogen-bond acceptors (Lipinski definition) is 3. The van der Waals surface area contributed by atoms with Crippen LogP contribution in [0.4, 0.5) is 0 Å². The van der Waals surface area contributed by atoms with Crippen LogP contribution in [0.1, 0.15) is 18.6 Å². The van der Waals surface area contributed by atoms with Crippen LogP contribution in [0.15, 0.2) is 24.3 Å². The maximum Gasteiger partial charge on any atom is 0.153 e. The number of aliphatic hydroxyl groups is 1. The molecule has 0 aliphatic heterocycles. The summed E-state index contributed by atoms with van der Waals surface area (Å²) >= 11 is 0. The van der Waals surface area contributed by atoms with Gasteiger partial charge in [-0.15, -0.1) is 0 Å². The third-order valence-electron chi connectivity index (χ3n) is 1.67. The zero-order chi connectivity index (χ0) is 9.68. The first-order valence-electron chi connectivity index (χ1n) is 4.14. The predicted octanol–water partition coefficient (Wildman–Crippen LogP) is 1.32. The van der Waals surface area contributed by atoms with Crippen LogP contribution >= 0.6 is 0 Å². The summed E-state index contributed by atoms with van der Waals surface area (Å²) < 4.78 is 5.24. The minimum Gasteiger partial charge on any atom is -0.493 e. The van der Waals surface area contributed by atoms with Crippen molar-refractivity contribution in [2.24, 2.45) is 0 Å². The molecule has 70 valence electrons. The van der Waals surface area contributed by atoms with Gasteiger partial charge in [-0.1, -0.05) is 18.2 Å². The number of aldehydes is 1. The van der Waals surface area contributed by atoms with Gasteiger partial charge in [0.25, 0.3) is 0 Å². The van der Waals surface area contributed by atoms with Crippen molar-refractivity contribution < 1.29 is 14.6 Å². The second-order valence-corrected chi connectivity index (χ2v) is 2.55. The number of rotatable bonds is 4. The van der Waals surface area contributed by atoms with E-state index in [1.54, 1.807) is 24.3 Å². The van der Waals surface area contributed by atoms with Crippen LogP contribution in [-0.4, -0.2) is 18.0 Å². The van der Waals surface area contributed by atoms with Gasteiger partial charge in [0.1, 0.15) is 11.9 Å². The molecule has 0 aliphatic rings. The first kappa shape index (κ1) is 9.74. The van der Waals surface area contributed by atoms with Crippen LogP contribution in [0, 0.1) is 0 Å². The first-order chi connectivity index (χ1) is 6.29. The Labute approximate surface area is 77.0 Å². The highest BCUT2D eigenvalue weighted by atomic mass is 16.5. The van der Waals surface area contributed by atoms with E-state index >= 15 is 0 Å². The number of hydrogen-bond donors (Lipinski definition) is 1. The Hall–Kier alpha value is -1.35. The van der Waals surface area contributed by atoms with Crippen molar-refractivity contribution in [1.29, 1.82) is 0 Å². The van der Waals surface area contributed by atoms with E-state index in [0.29, 0.717) is 24.2 Å². The fourth-order valence-electron chi connectivity index (χ4n) is 1.09. The quantitative estimate of drug-likeness (QED) is 0.711. The van der Waals surface area contributed by atoms with Crippen molar-refractivity contribution in [3.8, 4) is 5.75 Å². The van der Waals surface area contributed by atoms with Gasteiger partial charge in [-0.25, -0.2) is 0 Å². The summed E-state index contributed by atoms with van der Waals surface area (Å²) in [5.74, 6) is 0.560. The Morgan fingerprint density at radius 1 is 1.54 bits per heavy atom. The molecule has 0 amide bonds. The molecule has 0 radical (unpaired) electrons. The lowest BCUT2D eigenvalue weighted by atomic mass is 10.1. The normalized spacial score (nSPS) is 12.2. The summed E-state index contributed by atoms with van der Waals surface area (Å²) in [7, 11) is 0. The molecular formula is C10H12O3. The minimum absolute atomic E-state index is 0.484. The van der Waals surface area contributed by atoms with Crippen LogP contribution in [0.2, 0.25) is 0 Å². The summed E-state index contributed by atoms with van der Waals surface area (Å²) in [5.41, 5.74) is 0.513. The third kappa shape index (κ3) is 2.29. The number of para-hydroxylation sites is 1. The monoisotopic (exact) mass is 180 g/mol. The van der Waals surface area contributed by atoms with Crippen molar-refractivity contribution in [3.63, 3.8) is 0 Å². The van der Waals surface area contributed by atoms with Crippen LogP contribution in [-0.2, 0) is 4.79 Å². The summed E-state index contributed by atoms with van der Waals surface area (Å²) in [5, 5.41) is 9.29. The van der Waals surface area contributed by atoms with Gasteiger partial charge in [0, 0.05) is 5.56 Å². The summed E-state index contributed by atoms with van der Waals surface area (Å²) in [6, 6.07) is 6.95. The summed E-state index contributed by atoms with van der Waals surface area (Å²) in [4.78, 5) is 10.4. The van der Waals surface area contributed by atoms with E-state index in [0.717, 1.165) is 0 Å². The van der Waals surface area contributed by atoms with E-state index in [9.17, 15) is 9.90 Å². The molecular weight excluding hydrogens is 168 g/mol. The molecule has 0 aromatic heterocycles. The van der Waals surface area contributed by atoms with Crippen LogP contribution in [0.3, 0.4) is 0 Å². The molecule has 0 fully saturated rings. The Bertz CT molecular complexity index is 283. The molecule has 1 N–H and O–H groups in total. The second-order valence-electron chi connectivity index (χ2n) is 2.55. The molecule has 1 aromatic rings. The molecule has 1 aromatic carbocycles. The van der Waals surface area contributed by atoms with Gasteiger partial charge < -0.3 is 14.6 Å². The lowest BCUT2D eigenvalue weighted by molar-refractivity contribution is -0.115. The largest absolute Gasteiger partial charge is 0.493 e. The molecule has 0 spiro atoms. The molecule has 0 saturated heterocycles. The lowest BCUT2D eigenvalue weighted by Crippen LogP contribution is -2.02. The molecule has 0 bridgehead atoms. The van der Waals surface area contributed by atoms with Crippen LogP contribution in [0.5, 0.6) is 5.75 Å². The Kier molecular flexibility index (Phi) is 3.46. The van der Waals surface area contributed by atoms with Crippen molar-refractivity contribution in [2.75, 3.05) is 6.61 Å². The highest BCUT2D eigenvalue weighted by Gasteiger charge is 2.10. The Morgan fingerprint density at radius 3 is 2.85 bits per heavy atom. The maximum atomic E-state index is 10.4. The molecule has 0 saturated carbocycles. The van der Waals surface area contributed by atoms with E-state index in [2.05, 4.69) is 0 Å². The average Bonchev–Trinajstić information content (AvgIpc) is 2.18. The molecule has 1 atom stereocenters. The van der Waals surface area contributed by atoms with E-state index in [1.807, 2.05) is 6.92 Å². The zero-order valence-corrected chi connectivity index (χ0v) is 7.43. The molecule has 1 unspecified atom stereocenters. The van der Waals surface area contributed by atoms with Crippen LogP contribution in [0.25, 0.3) is 0 Å². The van der Waals surface area contributed by atoms with E-state index in [1.165, 1.54) is 0 Å². The number of carbonyl (C=O) groups is 1. The van der Waals surface area contributed by atoms with E-state index < -0.39 is 6.10 Å². The van der Waals surface area contributed by atoms with Crippen molar-refractivity contribution in [1.82, 2.24) is 0 Å². The lowest BCUT2D eigenvalue weighted by Gasteiger charge is -2.10. The van der Waals surface area contributed by atoms with Crippen molar-refractivity contribution >= 4 is 6.29 Å². The number of benzene rings is 1. The van der Waals surface area contributed by atoms with E-state index in [4.69, 9.17) is 4.74 Å². The van der Waals surface area contributed by atoms with Crippen molar-refractivity contribution in [2.45, 2.75) is 13.0 Å². The molecule has 13 heavy (non-hydrogen) atoms. The van der Waals surface area contributed by atoms with Gasteiger partial charge in [0.15, 0.2) is 6.29 Å². The van der Waals surface area contributed by atoms with Gasteiger partial charge in [-0.05, 0) is 13.0 Å². The summed E-state index contributed by atoms with van der Waals surface area (Å²) in [6.07, 6.45) is -0.611. The zero-order valence-electron chi connectivity index (χ0n) is 7.43. The summed E-state index contributed by atoms with van der Waals surface area (Å²) in [6.45, 7) is 2.37. The topological polar surface area (TPSA) is 46.5 Å². The fraction of sp³-hybridized carbons (Fsp3) is 0.300. The fourth-order valence-corrected chi connectivity index (χ4v) is 1.09. The van der Waals surface area contributed by atoms with Crippen molar-refractivity contribution in [3.05, 3.63) is 29.8 Å². The number of ether oxygens (including phenoxy) is 1. The van der Waals surface area contributed by atoms with Gasteiger partial charge in [-0.2, -0.15) is 0 Å². The van der Waals surface area contributed by atoms with Gasteiger partial charge in [0.05, 0.1) is 6.61 Å². The number of aliphatic hydroxyl groups excluding tert-OH is 1. The first-order valence-corrected chi connectivity index (χ1v) is 4.14.